The second-order valence-corrected chi connectivity index (χ2v) is 9.03. The Labute approximate surface area is 166 Å². The third kappa shape index (κ3) is 2.67. The fourth-order valence-electron chi connectivity index (χ4n) is 4.13. The Hall–Kier alpha value is -2.28. The van der Waals surface area contributed by atoms with Crippen molar-refractivity contribution < 1.29 is 14.4 Å². The number of carbonyl (C=O) groups is 3. The van der Waals surface area contributed by atoms with Gasteiger partial charge in [0.1, 0.15) is 6.04 Å². The van der Waals surface area contributed by atoms with Crippen LogP contribution in [0.4, 0.5) is 5.69 Å². The van der Waals surface area contributed by atoms with Crippen molar-refractivity contribution in [2.45, 2.75) is 32.9 Å². The Morgan fingerprint density at radius 2 is 1.70 bits per heavy atom. The minimum Gasteiger partial charge on any atom is -0.297 e. The van der Waals surface area contributed by atoms with E-state index < -0.39 is 23.3 Å². The molecule has 27 heavy (non-hydrogen) atoms. The lowest BCUT2D eigenvalue weighted by Gasteiger charge is -2.33. The van der Waals surface area contributed by atoms with Gasteiger partial charge in [-0.3, -0.25) is 19.4 Å². The molecule has 4 atom stereocenters. The van der Waals surface area contributed by atoms with E-state index in [-0.39, 0.29) is 23.6 Å². The molecule has 2 saturated heterocycles. The summed E-state index contributed by atoms with van der Waals surface area (Å²) in [5, 5.41) is 5.99. The lowest BCUT2D eigenvalue weighted by Crippen LogP contribution is -2.49. The average molecular weight is 430 g/mol. The second-order valence-electron chi connectivity index (χ2n) is 8.12. The number of Topliss-reactive ketones (excluding diaryl/α,β-unsaturated/α-hetero) is 1. The Morgan fingerprint density at radius 1 is 1.07 bits per heavy atom. The zero-order chi connectivity index (χ0) is 19.5. The minimum absolute atomic E-state index is 0.0775. The van der Waals surface area contributed by atoms with E-state index in [1.807, 2.05) is 26.8 Å². The van der Waals surface area contributed by atoms with Crippen molar-refractivity contribution in [3.8, 4) is 0 Å². The average Bonchev–Trinajstić information content (AvgIpc) is 3.08. The van der Waals surface area contributed by atoms with E-state index in [1.165, 1.54) is 4.90 Å². The molecule has 4 rings (SSSR count). The van der Waals surface area contributed by atoms with E-state index >= 15 is 0 Å². The normalized spacial score (nSPS) is 29.3. The van der Waals surface area contributed by atoms with Gasteiger partial charge in [0.15, 0.2) is 5.78 Å². The number of amides is 2. The van der Waals surface area contributed by atoms with E-state index in [9.17, 15) is 14.4 Å². The molecule has 2 amide bonds. The highest BCUT2D eigenvalue weighted by Crippen LogP contribution is 2.47. The van der Waals surface area contributed by atoms with Crippen molar-refractivity contribution in [1.82, 2.24) is 5.01 Å². The lowest BCUT2D eigenvalue weighted by molar-refractivity contribution is -0.136. The molecule has 3 aliphatic rings. The van der Waals surface area contributed by atoms with Gasteiger partial charge in [-0.1, -0.05) is 42.8 Å². The molecular formula is C20H20BrN3O3. The molecule has 6 nitrogen and oxygen atoms in total. The smallest absolute Gasteiger partial charge is 0.240 e. The van der Waals surface area contributed by atoms with Crippen LogP contribution in [0.1, 0.15) is 20.8 Å². The van der Waals surface area contributed by atoms with Crippen molar-refractivity contribution >= 4 is 45.4 Å². The predicted octanol–water partition coefficient (Wildman–Crippen LogP) is 2.78. The Balaban J connectivity index is 1.79. The van der Waals surface area contributed by atoms with Gasteiger partial charge in [0, 0.05) is 16.1 Å². The summed E-state index contributed by atoms with van der Waals surface area (Å²) in [7, 11) is 0. The first-order chi connectivity index (χ1) is 12.7. The van der Waals surface area contributed by atoms with Gasteiger partial charge in [0.25, 0.3) is 0 Å². The molecule has 0 N–H and O–H groups in total. The molecule has 2 fully saturated rings. The maximum absolute atomic E-state index is 13.3. The van der Waals surface area contributed by atoms with Crippen LogP contribution in [-0.2, 0) is 14.4 Å². The molecule has 140 valence electrons. The number of nitrogens with zero attached hydrogens (tertiary/aromatic N) is 3. The van der Waals surface area contributed by atoms with Crippen LogP contribution in [0.2, 0.25) is 0 Å². The highest BCUT2D eigenvalue weighted by Gasteiger charge is 2.64. The second kappa shape index (κ2) is 6.12. The molecule has 0 saturated carbocycles. The van der Waals surface area contributed by atoms with Gasteiger partial charge in [0.05, 0.1) is 23.6 Å². The molecule has 3 heterocycles. The van der Waals surface area contributed by atoms with Gasteiger partial charge in [-0.25, -0.2) is 4.90 Å². The van der Waals surface area contributed by atoms with Crippen LogP contribution in [0.5, 0.6) is 0 Å². The third-order valence-electron chi connectivity index (χ3n) is 5.38. The standard InChI is InChI=1S/C20H20BrN3O3/c1-20(2,3)17(25)16-15-14(13-5-4-10-22-24(13)16)18(26)23(19(15)27)12-8-6-11(21)7-9-12/h4-10,13-16H,1-3H3/t13-,14+,15-,16+/m1/s1. The van der Waals surface area contributed by atoms with Gasteiger partial charge >= 0.3 is 0 Å². The van der Waals surface area contributed by atoms with Crippen LogP contribution in [0, 0.1) is 17.3 Å². The molecular weight excluding hydrogens is 410 g/mol. The molecule has 1 aromatic rings. The highest BCUT2D eigenvalue weighted by atomic mass is 79.9. The fourth-order valence-corrected chi connectivity index (χ4v) is 4.39. The first-order valence-corrected chi connectivity index (χ1v) is 9.68. The van der Waals surface area contributed by atoms with Crippen LogP contribution >= 0.6 is 15.9 Å². The zero-order valence-electron chi connectivity index (χ0n) is 15.3. The van der Waals surface area contributed by atoms with Crippen molar-refractivity contribution in [2.24, 2.45) is 22.4 Å². The van der Waals surface area contributed by atoms with E-state index in [0.29, 0.717) is 5.69 Å². The molecule has 0 unspecified atom stereocenters. The number of allylic oxidation sites excluding steroid dienone is 1. The molecule has 7 heteroatoms. The van der Waals surface area contributed by atoms with Crippen LogP contribution in [0.25, 0.3) is 0 Å². The van der Waals surface area contributed by atoms with E-state index in [2.05, 4.69) is 21.0 Å². The maximum Gasteiger partial charge on any atom is 0.240 e. The number of rotatable bonds is 2. The number of halogens is 1. The van der Waals surface area contributed by atoms with Gasteiger partial charge in [0.2, 0.25) is 11.8 Å². The van der Waals surface area contributed by atoms with E-state index in [1.54, 1.807) is 41.6 Å². The largest absolute Gasteiger partial charge is 0.297 e. The number of hydrogen-bond donors (Lipinski definition) is 0. The summed E-state index contributed by atoms with van der Waals surface area (Å²) in [5.74, 6) is -2.00. The number of imide groups is 1. The summed E-state index contributed by atoms with van der Waals surface area (Å²) in [4.78, 5) is 40.9. The summed E-state index contributed by atoms with van der Waals surface area (Å²) < 4.78 is 0.863. The monoisotopic (exact) mass is 429 g/mol. The van der Waals surface area contributed by atoms with Gasteiger partial charge in [-0.15, -0.1) is 0 Å². The van der Waals surface area contributed by atoms with Crippen molar-refractivity contribution in [3.05, 3.63) is 40.9 Å². The maximum atomic E-state index is 13.3. The lowest BCUT2D eigenvalue weighted by atomic mass is 9.80. The fraction of sp³-hybridized carbons (Fsp3) is 0.400. The summed E-state index contributed by atoms with van der Waals surface area (Å²) >= 11 is 3.36. The summed E-state index contributed by atoms with van der Waals surface area (Å²) in [6.07, 6.45) is 5.22. The number of fused-ring (bicyclic) bond motifs is 3. The summed E-state index contributed by atoms with van der Waals surface area (Å²) in [6, 6.07) is 5.92. The number of carbonyl (C=O) groups excluding carboxylic acids is 3. The van der Waals surface area contributed by atoms with Crippen LogP contribution in [0.15, 0.2) is 46.0 Å². The molecule has 1 aromatic carbocycles. The molecule has 3 aliphatic heterocycles. The number of anilines is 1. The summed E-state index contributed by atoms with van der Waals surface area (Å²) in [6.45, 7) is 5.48. The highest BCUT2D eigenvalue weighted by molar-refractivity contribution is 9.10. The van der Waals surface area contributed by atoms with Crippen molar-refractivity contribution in [2.75, 3.05) is 4.90 Å². The van der Waals surface area contributed by atoms with Crippen molar-refractivity contribution in [3.63, 3.8) is 0 Å². The summed E-state index contributed by atoms with van der Waals surface area (Å²) in [5.41, 5.74) is -0.116. The molecule has 0 aromatic heterocycles. The van der Waals surface area contributed by atoms with Crippen LogP contribution in [0.3, 0.4) is 0 Å². The van der Waals surface area contributed by atoms with Crippen LogP contribution < -0.4 is 4.90 Å². The molecule has 0 aliphatic carbocycles. The number of benzene rings is 1. The van der Waals surface area contributed by atoms with Gasteiger partial charge in [-0.05, 0) is 30.3 Å². The Morgan fingerprint density at radius 3 is 2.33 bits per heavy atom. The predicted molar refractivity (Wildman–Crippen MR) is 105 cm³/mol. The SMILES string of the molecule is CC(C)(C)C(=O)[C@@H]1[C@@H]2C(=O)N(c3ccc(Br)cc3)C(=O)[C@H]2[C@H]2C=CC=NN21. The quantitative estimate of drug-likeness (QED) is 0.677. The van der Waals surface area contributed by atoms with E-state index in [4.69, 9.17) is 0 Å². The van der Waals surface area contributed by atoms with Gasteiger partial charge in [-0.2, -0.15) is 5.10 Å². The number of hydrogen-bond acceptors (Lipinski definition) is 5. The molecule has 0 radical (unpaired) electrons. The van der Waals surface area contributed by atoms with Gasteiger partial charge < -0.3 is 0 Å². The first-order valence-electron chi connectivity index (χ1n) is 8.88. The Kier molecular flexibility index (Phi) is 4.10. The molecule has 0 spiro atoms. The minimum atomic E-state index is -0.738. The van der Waals surface area contributed by atoms with E-state index in [0.717, 1.165) is 4.47 Å². The third-order valence-corrected chi connectivity index (χ3v) is 5.91. The molecule has 0 bridgehead atoms. The topological polar surface area (TPSA) is 70.0 Å². The number of hydrazone groups is 1. The van der Waals surface area contributed by atoms with Crippen LogP contribution in [-0.4, -0.2) is 40.9 Å². The zero-order valence-corrected chi connectivity index (χ0v) is 16.9. The first kappa shape index (κ1) is 18.1. The van der Waals surface area contributed by atoms with Crippen molar-refractivity contribution in [1.29, 1.82) is 0 Å². The number of ketones is 1. The Bertz CT molecular complexity index is 885.